The first kappa shape index (κ1) is 17.4. The number of benzene rings is 2. The van der Waals surface area contributed by atoms with Gasteiger partial charge >= 0.3 is 5.63 Å². The van der Waals surface area contributed by atoms with Crippen molar-refractivity contribution in [3.05, 3.63) is 81.2 Å². The Hall–Kier alpha value is -2.39. The molecular weight excluding hydrogens is 310 g/mol. The lowest BCUT2D eigenvalue weighted by Crippen LogP contribution is -2.83. The highest BCUT2D eigenvalue weighted by Gasteiger charge is 2.14. The molecule has 3 aromatic rings. The van der Waals surface area contributed by atoms with Crippen LogP contribution >= 0.6 is 0 Å². The van der Waals surface area contributed by atoms with Crippen molar-refractivity contribution in [2.75, 3.05) is 0 Å². The maximum absolute atomic E-state index is 12.0. The minimum Gasteiger partial charge on any atom is -0.423 e. The number of aryl methyl sites for hydroxylation is 1. The van der Waals surface area contributed by atoms with Crippen LogP contribution in [0, 0.1) is 6.92 Å². The van der Waals surface area contributed by atoms with Gasteiger partial charge in [-0.2, -0.15) is 0 Å². The van der Waals surface area contributed by atoms with Crippen LogP contribution in [0.2, 0.25) is 0 Å². The average molecular weight is 336 g/mol. The van der Waals surface area contributed by atoms with Crippen molar-refractivity contribution in [2.24, 2.45) is 0 Å². The summed E-state index contributed by atoms with van der Waals surface area (Å²) in [7, 11) is 0. The highest BCUT2D eigenvalue weighted by molar-refractivity contribution is 5.82. The maximum atomic E-state index is 12.0. The zero-order valence-electron chi connectivity index (χ0n) is 15.4. The fraction of sp³-hybridized carbons (Fsp3) is 0.318. The van der Waals surface area contributed by atoms with Gasteiger partial charge in [0.05, 0.1) is 0 Å². The third-order valence-corrected chi connectivity index (χ3v) is 4.86. The topological polar surface area (TPSA) is 46.8 Å². The first-order valence-electron chi connectivity index (χ1n) is 8.91. The van der Waals surface area contributed by atoms with Gasteiger partial charge in [0.1, 0.15) is 18.2 Å². The standard InChI is InChI=1S/C22H25NO2/c1-14(2)19-12-20-18(11-22(24)25-21(20)10-15(19)3)13-23-16(4)17-8-6-5-7-9-17/h5-12,14,16,23H,13H2,1-4H3/p+1/t16-/m0/s1. The van der Waals surface area contributed by atoms with Crippen LogP contribution in [0.5, 0.6) is 0 Å². The lowest BCUT2D eigenvalue weighted by atomic mass is 9.95. The summed E-state index contributed by atoms with van der Waals surface area (Å²) < 4.78 is 5.44. The van der Waals surface area contributed by atoms with Crippen LogP contribution in [-0.4, -0.2) is 0 Å². The van der Waals surface area contributed by atoms with Crippen molar-refractivity contribution in [2.45, 2.75) is 46.2 Å². The SMILES string of the molecule is Cc1cc2oc(=O)cc(C[NH2+][C@@H](C)c3ccccc3)c2cc1C(C)C. The van der Waals surface area contributed by atoms with Crippen LogP contribution in [0.4, 0.5) is 0 Å². The van der Waals surface area contributed by atoms with Crippen LogP contribution in [-0.2, 0) is 6.54 Å². The van der Waals surface area contributed by atoms with E-state index in [1.807, 2.05) is 12.1 Å². The van der Waals surface area contributed by atoms with Crippen molar-refractivity contribution < 1.29 is 9.73 Å². The van der Waals surface area contributed by atoms with E-state index in [0.717, 1.165) is 17.5 Å². The van der Waals surface area contributed by atoms with E-state index in [1.54, 1.807) is 6.07 Å². The van der Waals surface area contributed by atoms with Gasteiger partial charge in [0, 0.05) is 22.6 Å². The molecule has 2 aromatic carbocycles. The molecule has 0 amide bonds. The van der Waals surface area contributed by atoms with Gasteiger partial charge in [0.25, 0.3) is 0 Å². The van der Waals surface area contributed by atoms with Crippen molar-refractivity contribution in [3.8, 4) is 0 Å². The molecule has 0 saturated carbocycles. The van der Waals surface area contributed by atoms with E-state index in [9.17, 15) is 4.79 Å². The molecule has 0 unspecified atom stereocenters. The fourth-order valence-electron chi connectivity index (χ4n) is 3.38. The molecule has 3 heteroatoms. The fourth-order valence-corrected chi connectivity index (χ4v) is 3.38. The molecule has 3 rings (SSSR count). The molecule has 0 spiro atoms. The third kappa shape index (κ3) is 3.83. The molecule has 1 atom stereocenters. The van der Waals surface area contributed by atoms with E-state index in [-0.39, 0.29) is 5.63 Å². The summed E-state index contributed by atoms with van der Waals surface area (Å²) >= 11 is 0. The number of hydrogen-bond acceptors (Lipinski definition) is 2. The molecule has 1 aromatic heterocycles. The van der Waals surface area contributed by atoms with Gasteiger partial charge in [-0.1, -0.05) is 44.2 Å². The average Bonchev–Trinajstić information content (AvgIpc) is 2.59. The van der Waals surface area contributed by atoms with Gasteiger partial charge in [0.15, 0.2) is 0 Å². The normalized spacial score (nSPS) is 12.7. The Balaban J connectivity index is 1.95. The van der Waals surface area contributed by atoms with E-state index >= 15 is 0 Å². The Kier molecular flexibility index (Phi) is 5.05. The number of fused-ring (bicyclic) bond motifs is 1. The van der Waals surface area contributed by atoms with Gasteiger partial charge in [0.2, 0.25) is 0 Å². The van der Waals surface area contributed by atoms with Gasteiger partial charge in [-0.3, -0.25) is 0 Å². The molecule has 1 heterocycles. The molecule has 25 heavy (non-hydrogen) atoms. The second kappa shape index (κ2) is 7.24. The van der Waals surface area contributed by atoms with E-state index in [4.69, 9.17) is 4.42 Å². The summed E-state index contributed by atoms with van der Waals surface area (Å²) in [6.45, 7) is 9.39. The highest BCUT2D eigenvalue weighted by Crippen LogP contribution is 2.26. The summed E-state index contributed by atoms with van der Waals surface area (Å²) in [6, 6.07) is 16.6. The Morgan fingerprint density at radius 2 is 1.76 bits per heavy atom. The van der Waals surface area contributed by atoms with Crippen LogP contribution < -0.4 is 10.9 Å². The predicted octanol–water partition coefficient (Wildman–Crippen LogP) is 4.05. The summed E-state index contributed by atoms with van der Waals surface area (Å²) in [5.74, 6) is 0.441. The van der Waals surface area contributed by atoms with Crippen molar-refractivity contribution in [1.82, 2.24) is 0 Å². The van der Waals surface area contributed by atoms with E-state index in [1.165, 1.54) is 16.7 Å². The van der Waals surface area contributed by atoms with Crippen LogP contribution in [0.25, 0.3) is 11.0 Å². The zero-order valence-corrected chi connectivity index (χ0v) is 15.4. The monoisotopic (exact) mass is 336 g/mol. The largest absolute Gasteiger partial charge is 0.423 e. The third-order valence-electron chi connectivity index (χ3n) is 4.86. The minimum atomic E-state index is -0.278. The number of nitrogens with two attached hydrogens (primary N) is 1. The van der Waals surface area contributed by atoms with Gasteiger partial charge in [-0.15, -0.1) is 0 Å². The number of hydrogen-bond donors (Lipinski definition) is 1. The molecule has 2 N–H and O–H groups in total. The first-order valence-corrected chi connectivity index (χ1v) is 8.91. The lowest BCUT2D eigenvalue weighted by molar-refractivity contribution is -0.707. The van der Waals surface area contributed by atoms with Crippen LogP contribution in [0.3, 0.4) is 0 Å². The minimum absolute atomic E-state index is 0.278. The molecule has 0 bridgehead atoms. The molecule has 0 radical (unpaired) electrons. The first-order chi connectivity index (χ1) is 12.0. The Labute approximate surface area is 148 Å². The van der Waals surface area contributed by atoms with Gasteiger partial charge < -0.3 is 9.73 Å². The smallest absolute Gasteiger partial charge is 0.336 e. The van der Waals surface area contributed by atoms with Gasteiger partial charge in [-0.25, -0.2) is 4.79 Å². The summed E-state index contributed by atoms with van der Waals surface area (Å²) in [5, 5.41) is 3.31. The second-order valence-corrected chi connectivity index (χ2v) is 7.09. The van der Waals surface area contributed by atoms with Gasteiger partial charge in [-0.05, 0) is 43.0 Å². The Morgan fingerprint density at radius 3 is 2.44 bits per heavy atom. The zero-order chi connectivity index (χ0) is 18.0. The molecule has 3 nitrogen and oxygen atoms in total. The second-order valence-electron chi connectivity index (χ2n) is 7.09. The molecule has 0 fully saturated rings. The highest BCUT2D eigenvalue weighted by atomic mass is 16.4. The maximum Gasteiger partial charge on any atom is 0.336 e. The van der Waals surface area contributed by atoms with Crippen LogP contribution in [0.1, 0.15) is 55.0 Å². The summed E-state index contributed by atoms with van der Waals surface area (Å²) in [6.07, 6.45) is 0. The van der Waals surface area contributed by atoms with Crippen molar-refractivity contribution in [1.29, 1.82) is 0 Å². The van der Waals surface area contributed by atoms with E-state index in [2.05, 4.69) is 63.3 Å². The molecule has 0 saturated heterocycles. The molecular formula is C22H26NO2+. The van der Waals surface area contributed by atoms with E-state index < -0.39 is 0 Å². The Morgan fingerprint density at radius 1 is 1.04 bits per heavy atom. The number of rotatable bonds is 5. The molecule has 0 aliphatic carbocycles. The summed E-state index contributed by atoms with van der Waals surface area (Å²) in [5.41, 5.74) is 5.21. The predicted molar refractivity (Wildman–Crippen MR) is 102 cm³/mol. The molecule has 130 valence electrons. The molecule has 0 aliphatic heterocycles. The van der Waals surface area contributed by atoms with E-state index in [0.29, 0.717) is 17.5 Å². The van der Waals surface area contributed by atoms with Crippen molar-refractivity contribution >= 4 is 11.0 Å². The lowest BCUT2D eigenvalue weighted by Gasteiger charge is -2.14. The summed E-state index contributed by atoms with van der Waals surface area (Å²) in [4.78, 5) is 12.0. The van der Waals surface area contributed by atoms with Crippen LogP contribution in [0.15, 0.2) is 57.7 Å². The quantitative estimate of drug-likeness (QED) is 0.715. The van der Waals surface area contributed by atoms with Crippen molar-refractivity contribution in [3.63, 3.8) is 0 Å². The Bertz CT molecular complexity index is 926. The number of quaternary nitrogens is 1. The molecule has 0 aliphatic rings.